The first-order valence-corrected chi connectivity index (χ1v) is 9.99. The number of carbonyl (C=O) groups excluding carboxylic acids is 2. The van der Waals surface area contributed by atoms with Gasteiger partial charge in [-0.1, -0.05) is 24.3 Å². The molecule has 1 saturated heterocycles. The second kappa shape index (κ2) is 6.80. The van der Waals surface area contributed by atoms with Crippen molar-refractivity contribution in [3.63, 3.8) is 0 Å². The van der Waals surface area contributed by atoms with Crippen molar-refractivity contribution >= 4 is 35.0 Å². The Morgan fingerprint density at radius 1 is 1.12 bits per heavy atom. The lowest BCUT2D eigenvalue weighted by Gasteiger charge is -2.26. The Kier molecular flexibility index (Phi) is 4.49. The highest BCUT2D eigenvalue weighted by Gasteiger charge is 2.35. The monoisotopic (exact) mass is 366 g/mol. The third-order valence-electron chi connectivity index (χ3n) is 4.90. The average molecular weight is 366 g/mol. The highest BCUT2D eigenvalue weighted by molar-refractivity contribution is 8.00. The first-order chi connectivity index (χ1) is 12.5. The average Bonchev–Trinajstić information content (AvgIpc) is 3.41. The highest BCUT2D eigenvalue weighted by Crippen LogP contribution is 2.43. The zero-order chi connectivity index (χ0) is 18.3. The molecule has 5 heteroatoms. The van der Waals surface area contributed by atoms with Gasteiger partial charge in [-0.2, -0.15) is 0 Å². The summed E-state index contributed by atoms with van der Waals surface area (Å²) < 4.78 is 0. The van der Waals surface area contributed by atoms with E-state index in [2.05, 4.69) is 23.5 Å². The molecule has 2 amide bonds. The molecule has 1 aliphatic heterocycles. The van der Waals surface area contributed by atoms with E-state index in [0.29, 0.717) is 5.75 Å². The maximum atomic E-state index is 12.6. The van der Waals surface area contributed by atoms with Gasteiger partial charge in [0.15, 0.2) is 0 Å². The van der Waals surface area contributed by atoms with E-state index in [0.717, 1.165) is 40.9 Å². The Bertz CT molecular complexity index is 859. The lowest BCUT2D eigenvalue weighted by Crippen LogP contribution is -2.28. The van der Waals surface area contributed by atoms with Crippen molar-refractivity contribution in [3.8, 4) is 0 Å². The molecule has 0 aromatic heterocycles. The molecule has 0 bridgehead atoms. The van der Waals surface area contributed by atoms with E-state index in [9.17, 15) is 9.59 Å². The van der Waals surface area contributed by atoms with E-state index in [4.69, 9.17) is 0 Å². The van der Waals surface area contributed by atoms with Gasteiger partial charge in [0, 0.05) is 17.3 Å². The van der Waals surface area contributed by atoms with E-state index in [1.807, 2.05) is 43.0 Å². The van der Waals surface area contributed by atoms with Crippen LogP contribution in [0, 0.1) is 19.8 Å². The molecule has 2 aromatic carbocycles. The molecule has 2 aliphatic rings. The van der Waals surface area contributed by atoms with Gasteiger partial charge in [0.05, 0.1) is 5.75 Å². The fraction of sp³-hybridized carbons (Fsp3) is 0.333. The molecule has 1 heterocycles. The van der Waals surface area contributed by atoms with Gasteiger partial charge in [-0.25, -0.2) is 0 Å². The SMILES string of the molecule is Cc1ccc(C)c(N2C(=O)CSC2c2ccc(NC(=O)C3CC3)cc2)c1. The number of hydrogen-bond acceptors (Lipinski definition) is 3. The predicted octanol–water partition coefficient (Wildman–Crippen LogP) is 4.43. The molecule has 1 unspecified atom stereocenters. The summed E-state index contributed by atoms with van der Waals surface area (Å²) in [5.74, 6) is 0.926. The van der Waals surface area contributed by atoms with Gasteiger partial charge in [-0.05, 0) is 61.6 Å². The van der Waals surface area contributed by atoms with Crippen LogP contribution in [0.4, 0.5) is 11.4 Å². The van der Waals surface area contributed by atoms with E-state index in [1.54, 1.807) is 11.8 Å². The van der Waals surface area contributed by atoms with Gasteiger partial charge in [-0.15, -0.1) is 11.8 Å². The number of nitrogens with zero attached hydrogens (tertiary/aromatic N) is 1. The van der Waals surface area contributed by atoms with Crippen molar-refractivity contribution < 1.29 is 9.59 Å². The number of nitrogens with one attached hydrogen (secondary N) is 1. The molecule has 0 spiro atoms. The number of rotatable bonds is 4. The molecule has 1 saturated carbocycles. The van der Waals surface area contributed by atoms with Crippen LogP contribution in [0.25, 0.3) is 0 Å². The fourth-order valence-electron chi connectivity index (χ4n) is 3.23. The summed E-state index contributed by atoms with van der Waals surface area (Å²) in [6, 6.07) is 14.1. The van der Waals surface area contributed by atoms with Crippen molar-refractivity contribution in [2.24, 2.45) is 5.92 Å². The van der Waals surface area contributed by atoms with E-state index >= 15 is 0 Å². The largest absolute Gasteiger partial charge is 0.326 e. The van der Waals surface area contributed by atoms with Crippen LogP contribution in [0.15, 0.2) is 42.5 Å². The molecule has 2 aromatic rings. The summed E-state index contributed by atoms with van der Waals surface area (Å²) in [4.78, 5) is 26.4. The van der Waals surface area contributed by atoms with Crippen LogP contribution < -0.4 is 10.2 Å². The minimum absolute atomic E-state index is 0.0313. The fourth-order valence-corrected chi connectivity index (χ4v) is 4.40. The molecule has 1 aliphatic carbocycles. The van der Waals surface area contributed by atoms with Crippen LogP contribution in [0.5, 0.6) is 0 Å². The standard InChI is InChI=1S/C21H22N2O2S/c1-13-3-4-14(2)18(11-13)23-19(24)12-26-21(23)16-7-9-17(10-8-16)22-20(25)15-5-6-15/h3-4,7-11,15,21H,5-6,12H2,1-2H3,(H,22,25). The number of thioether (sulfide) groups is 1. The smallest absolute Gasteiger partial charge is 0.238 e. The molecular weight excluding hydrogens is 344 g/mol. The maximum absolute atomic E-state index is 12.6. The van der Waals surface area contributed by atoms with E-state index < -0.39 is 0 Å². The van der Waals surface area contributed by atoms with Gasteiger partial charge >= 0.3 is 0 Å². The zero-order valence-corrected chi connectivity index (χ0v) is 15.8. The summed E-state index contributed by atoms with van der Waals surface area (Å²) in [5, 5.41) is 2.93. The summed E-state index contributed by atoms with van der Waals surface area (Å²) >= 11 is 1.64. The molecule has 2 fully saturated rings. The normalized spacial score (nSPS) is 19.7. The van der Waals surface area contributed by atoms with Crippen LogP contribution in [0.3, 0.4) is 0 Å². The number of hydrogen-bond donors (Lipinski definition) is 1. The van der Waals surface area contributed by atoms with Crippen molar-refractivity contribution in [2.75, 3.05) is 16.0 Å². The first kappa shape index (κ1) is 17.2. The molecule has 1 atom stereocenters. The highest BCUT2D eigenvalue weighted by atomic mass is 32.2. The molecule has 134 valence electrons. The topological polar surface area (TPSA) is 49.4 Å². The van der Waals surface area contributed by atoms with E-state index in [-0.39, 0.29) is 23.1 Å². The third-order valence-corrected chi connectivity index (χ3v) is 6.12. The predicted molar refractivity (Wildman–Crippen MR) is 106 cm³/mol. The van der Waals surface area contributed by atoms with Crippen molar-refractivity contribution in [3.05, 3.63) is 59.2 Å². The molecular formula is C21H22N2O2S. The Morgan fingerprint density at radius 2 is 1.85 bits per heavy atom. The van der Waals surface area contributed by atoms with Gasteiger partial charge in [0.1, 0.15) is 5.37 Å². The van der Waals surface area contributed by atoms with Gasteiger partial charge < -0.3 is 5.32 Å². The zero-order valence-electron chi connectivity index (χ0n) is 15.0. The summed E-state index contributed by atoms with van der Waals surface area (Å²) in [5.41, 5.74) is 5.12. The van der Waals surface area contributed by atoms with Crippen molar-refractivity contribution in [1.29, 1.82) is 0 Å². The third kappa shape index (κ3) is 3.36. The van der Waals surface area contributed by atoms with Gasteiger partial charge in [-0.3, -0.25) is 14.5 Å². The van der Waals surface area contributed by atoms with Crippen molar-refractivity contribution in [1.82, 2.24) is 0 Å². The quantitative estimate of drug-likeness (QED) is 0.871. The van der Waals surface area contributed by atoms with Crippen LogP contribution in [0.2, 0.25) is 0 Å². The molecule has 1 N–H and O–H groups in total. The number of carbonyl (C=O) groups is 2. The molecule has 26 heavy (non-hydrogen) atoms. The number of benzene rings is 2. The lowest BCUT2D eigenvalue weighted by atomic mass is 10.1. The minimum atomic E-state index is -0.0313. The Morgan fingerprint density at radius 3 is 2.54 bits per heavy atom. The van der Waals surface area contributed by atoms with Crippen molar-refractivity contribution in [2.45, 2.75) is 32.1 Å². The minimum Gasteiger partial charge on any atom is -0.326 e. The second-order valence-corrected chi connectivity index (χ2v) is 8.17. The van der Waals surface area contributed by atoms with Crippen LogP contribution in [-0.4, -0.2) is 17.6 Å². The van der Waals surface area contributed by atoms with Crippen LogP contribution >= 0.6 is 11.8 Å². The Hall–Kier alpha value is -2.27. The molecule has 4 nitrogen and oxygen atoms in total. The number of aryl methyl sites for hydroxylation is 2. The summed E-state index contributed by atoms with van der Waals surface area (Å²) in [6.07, 6.45) is 1.99. The van der Waals surface area contributed by atoms with E-state index in [1.165, 1.54) is 0 Å². The molecule has 4 rings (SSSR count). The summed E-state index contributed by atoms with van der Waals surface area (Å²) in [7, 11) is 0. The van der Waals surface area contributed by atoms with Gasteiger partial charge in [0.25, 0.3) is 0 Å². The van der Waals surface area contributed by atoms with Gasteiger partial charge in [0.2, 0.25) is 11.8 Å². The molecule has 0 radical (unpaired) electrons. The first-order valence-electron chi connectivity index (χ1n) is 8.94. The second-order valence-electron chi connectivity index (χ2n) is 7.10. The summed E-state index contributed by atoms with van der Waals surface area (Å²) in [6.45, 7) is 4.08. The van der Waals surface area contributed by atoms with Crippen LogP contribution in [0.1, 0.15) is 34.9 Å². The Balaban J connectivity index is 1.58. The lowest BCUT2D eigenvalue weighted by molar-refractivity contribution is -0.117. The maximum Gasteiger partial charge on any atom is 0.238 e. The number of amides is 2. The Labute approximate surface area is 158 Å². The van der Waals surface area contributed by atoms with Crippen LogP contribution in [-0.2, 0) is 9.59 Å². The number of anilines is 2.